The topological polar surface area (TPSA) is 55.9 Å². The van der Waals surface area contributed by atoms with Crippen LogP contribution in [0.25, 0.3) is 0 Å². The first-order valence-corrected chi connectivity index (χ1v) is 11.1. The molecule has 160 valence electrons. The second-order valence-corrected chi connectivity index (χ2v) is 8.39. The number of benzene rings is 1. The van der Waals surface area contributed by atoms with Gasteiger partial charge in [-0.25, -0.2) is 0 Å². The molecular weight excluding hydrogens is 364 g/mol. The maximum Gasteiger partial charge on any atom is 0.236 e. The van der Waals surface area contributed by atoms with Gasteiger partial charge in [0.2, 0.25) is 11.8 Å². The lowest BCUT2D eigenvalue weighted by Gasteiger charge is -2.43. The number of nitrogens with one attached hydrogen (secondary N) is 1. The summed E-state index contributed by atoms with van der Waals surface area (Å²) < 4.78 is 0. The van der Waals surface area contributed by atoms with Crippen LogP contribution in [-0.4, -0.2) is 85.4 Å². The Balaban J connectivity index is 1.39. The van der Waals surface area contributed by atoms with E-state index in [0.29, 0.717) is 13.1 Å². The number of hydrogen-bond acceptors (Lipinski definition) is 4. The molecule has 1 aromatic rings. The van der Waals surface area contributed by atoms with Crippen LogP contribution in [0.5, 0.6) is 0 Å². The molecule has 1 heterocycles. The highest BCUT2D eigenvalue weighted by Gasteiger charge is 2.38. The monoisotopic (exact) mass is 400 g/mol. The molecule has 1 aliphatic heterocycles. The predicted octanol–water partition coefficient (Wildman–Crippen LogP) is 1.71. The number of nitrogens with zero attached hydrogens (tertiary/aromatic N) is 3. The Morgan fingerprint density at radius 2 is 1.55 bits per heavy atom. The zero-order chi connectivity index (χ0) is 20.7. The Bertz CT molecular complexity index is 663. The Morgan fingerprint density at radius 3 is 2.07 bits per heavy atom. The third kappa shape index (κ3) is 5.58. The van der Waals surface area contributed by atoms with Gasteiger partial charge in [0.25, 0.3) is 0 Å². The summed E-state index contributed by atoms with van der Waals surface area (Å²) in [5.41, 5.74) is 1.47. The SMILES string of the molecule is CCN(CC)C(=O)CN1CCN(CC(=O)NCC2(c3ccccc3)CCC2)CC1. The molecule has 1 aromatic carbocycles. The molecule has 29 heavy (non-hydrogen) atoms. The van der Waals surface area contributed by atoms with Gasteiger partial charge in [0.1, 0.15) is 0 Å². The van der Waals surface area contributed by atoms with Crippen molar-refractivity contribution >= 4 is 11.8 Å². The molecule has 0 radical (unpaired) electrons. The summed E-state index contributed by atoms with van der Waals surface area (Å²) in [4.78, 5) is 31.1. The number of piperazine rings is 1. The minimum absolute atomic E-state index is 0.111. The molecule has 6 heteroatoms. The van der Waals surface area contributed by atoms with Crippen LogP contribution in [0.1, 0.15) is 38.7 Å². The van der Waals surface area contributed by atoms with Gasteiger partial charge >= 0.3 is 0 Å². The van der Waals surface area contributed by atoms with Gasteiger partial charge in [-0.1, -0.05) is 36.8 Å². The van der Waals surface area contributed by atoms with Crippen molar-refractivity contribution in [2.75, 3.05) is 58.9 Å². The van der Waals surface area contributed by atoms with Crippen LogP contribution >= 0.6 is 0 Å². The molecule has 3 rings (SSSR count). The minimum atomic E-state index is 0.111. The first kappa shape index (κ1) is 21.8. The Kier molecular flexibility index (Phi) is 7.67. The van der Waals surface area contributed by atoms with Crippen LogP contribution in [0.4, 0.5) is 0 Å². The van der Waals surface area contributed by atoms with E-state index in [1.165, 1.54) is 12.0 Å². The maximum atomic E-state index is 12.5. The molecule has 1 saturated heterocycles. The molecule has 1 saturated carbocycles. The summed E-state index contributed by atoms with van der Waals surface area (Å²) in [5, 5.41) is 3.19. The van der Waals surface area contributed by atoms with E-state index in [4.69, 9.17) is 0 Å². The normalized spacial score (nSPS) is 19.4. The van der Waals surface area contributed by atoms with Crippen molar-refractivity contribution in [3.05, 3.63) is 35.9 Å². The van der Waals surface area contributed by atoms with Gasteiger partial charge in [0, 0.05) is 51.2 Å². The Hall–Kier alpha value is -1.92. The predicted molar refractivity (Wildman–Crippen MR) is 116 cm³/mol. The fourth-order valence-corrected chi connectivity index (χ4v) is 4.46. The van der Waals surface area contributed by atoms with Crippen molar-refractivity contribution in [3.63, 3.8) is 0 Å². The Morgan fingerprint density at radius 1 is 0.966 bits per heavy atom. The number of hydrogen-bond donors (Lipinski definition) is 1. The molecular formula is C23H36N4O2. The van der Waals surface area contributed by atoms with Crippen LogP contribution < -0.4 is 5.32 Å². The van der Waals surface area contributed by atoms with Crippen LogP contribution in [0.2, 0.25) is 0 Å². The molecule has 0 atom stereocenters. The Labute approximate surface area is 175 Å². The number of likely N-dealkylation sites (N-methyl/N-ethyl adjacent to an activating group) is 1. The average Bonchev–Trinajstić information content (AvgIpc) is 2.70. The molecule has 2 amide bonds. The van der Waals surface area contributed by atoms with Crippen molar-refractivity contribution in [1.82, 2.24) is 20.0 Å². The van der Waals surface area contributed by atoms with E-state index in [2.05, 4.69) is 39.4 Å². The number of carbonyl (C=O) groups excluding carboxylic acids is 2. The fourth-order valence-electron chi connectivity index (χ4n) is 4.46. The summed E-state index contributed by atoms with van der Waals surface area (Å²) in [6.07, 6.45) is 3.53. The van der Waals surface area contributed by atoms with E-state index in [0.717, 1.165) is 58.7 Å². The first-order chi connectivity index (χ1) is 14.1. The van der Waals surface area contributed by atoms with Crippen molar-refractivity contribution in [3.8, 4) is 0 Å². The van der Waals surface area contributed by atoms with Gasteiger partial charge in [0.05, 0.1) is 13.1 Å². The molecule has 0 aromatic heterocycles. The average molecular weight is 401 g/mol. The zero-order valence-corrected chi connectivity index (χ0v) is 18.0. The van der Waals surface area contributed by atoms with Gasteiger partial charge in [0.15, 0.2) is 0 Å². The van der Waals surface area contributed by atoms with Crippen molar-refractivity contribution in [2.45, 2.75) is 38.5 Å². The smallest absolute Gasteiger partial charge is 0.236 e. The van der Waals surface area contributed by atoms with E-state index in [1.807, 2.05) is 24.8 Å². The van der Waals surface area contributed by atoms with Gasteiger partial charge in [-0.15, -0.1) is 0 Å². The lowest BCUT2D eigenvalue weighted by molar-refractivity contribution is -0.133. The van der Waals surface area contributed by atoms with E-state index in [1.54, 1.807) is 0 Å². The summed E-state index contributed by atoms with van der Waals surface area (Å²) in [7, 11) is 0. The highest BCUT2D eigenvalue weighted by atomic mass is 16.2. The van der Waals surface area contributed by atoms with Crippen LogP contribution in [-0.2, 0) is 15.0 Å². The first-order valence-electron chi connectivity index (χ1n) is 11.1. The van der Waals surface area contributed by atoms with E-state index < -0.39 is 0 Å². The zero-order valence-electron chi connectivity index (χ0n) is 18.0. The van der Waals surface area contributed by atoms with E-state index >= 15 is 0 Å². The molecule has 0 bridgehead atoms. The molecule has 0 unspecified atom stereocenters. The highest BCUT2D eigenvalue weighted by Crippen LogP contribution is 2.43. The third-order valence-corrected chi connectivity index (χ3v) is 6.63. The van der Waals surface area contributed by atoms with Gasteiger partial charge in [-0.2, -0.15) is 0 Å². The van der Waals surface area contributed by atoms with E-state index in [9.17, 15) is 9.59 Å². The molecule has 1 aliphatic carbocycles. The van der Waals surface area contributed by atoms with Crippen LogP contribution in [0.3, 0.4) is 0 Å². The van der Waals surface area contributed by atoms with Crippen LogP contribution in [0.15, 0.2) is 30.3 Å². The van der Waals surface area contributed by atoms with Gasteiger partial charge < -0.3 is 10.2 Å². The summed E-state index contributed by atoms with van der Waals surface area (Å²) >= 11 is 0. The second-order valence-electron chi connectivity index (χ2n) is 8.39. The van der Waals surface area contributed by atoms with Crippen molar-refractivity contribution in [1.29, 1.82) is 0 Å². The standard InChI is InChI=1S/C23H36N4O2/c1-3-27(4-2)22(29)18-26-15-13-25(14-16-26)17-21(28)24-19-23(11-8-12-23)20-9-6-5-7-10-20/h5-7,9-10H,3-4,8,11-19H2,1-2H3,(H,24,28). The third-order valence-electron chi connectivity index (χ3n) is 6.63. The molecule has 6 nitrogen and oxygen atoms in total. The highest BCUT2D eigenvalue weighted by molar-refractivity contribution is 5.78. The molecule has 1 N–H and O–H groups in total. The molecule has 2 fully saturated rings. The number of carbonyl (C=O) groups is 2. The van der Waals surface area contributed by atoms with Crippen molar-refractivity contribution in [2.24, 2.45) is 0 Å². The number of amides is 2. The second kappa shape index (κ2) is 10.2. The van der Waals surface area contributed by atoms with Crippen molar-refractivity contribution < 1.29 is 9.59 Å². The lowest BCUT2D eigenvalue weighted by Crippen LogP contribution is -2.53. The molecule has 2 aliphatic rings. The maximum absolute atomic E-state index is 12.5. The summed E-state index contributed by atoms with van der Waals surface area (Å²) in [6, 6.07) is 10.6. The lowest BCUT2D eigenvalue weighted by atomic mass is 9.64. The van der Waals surface area contributed by atoms with Gasteiger partial charge in [-0.05, 0) is 32.3 Å². The fraction of sp³-hybridized carbons (Fsp3) is 0.652. The summed E-state index contributed by atoms with van der Waals surface area (Å²) in [6.45, 7) is 10.6. The minimum Gasteiger partial charge on any atom is -0.354 e. The van der Waals surface area contributed by atoms with E-state index in [-0.39, 0.29) is 17.2 Å². The largest absolute Gasteiger partial charge is 0.354 e. The summed E-state index contributed by atoms with van der Waals surface area (Å²) in [5.74, 6) is 0.313. The van der Waals surface area contributed by atoms with Gasteiger partial charge in [-0.3, -0.25) is 19.4 Å². The quantitative estimate of drug-likeness (QED) is 0.686. The van der Waals surface area contributed by atoms with Crippen LogP contribution in [0, 0.1) is 0 Å². The molecule has 0 spiro atoms. The number of rotatable bonds is 9.